The number of aromatic nitrogens is 1. The number of aliphatic hydroxyl groups is 1. The largest absolute Gasteiger partial charge is 0.540 e. The van der Waals surface area contributed by atoms with Gasteiger partial charge in [-0.1, -0.05) is 31.5 Å². The summed E-state index contributed by atoms with van der Waals surface area (Å²) in [6.45, 7) is 4.25. The molecule has 0 unspecified atom stereocenters. The monoisotopic (exact) mass is 481 g/mol. The summed E-state index contributed by atoms with van der Waals surface area (Å²) in [6.07, 6.45) is 1.79. The summed E-state index contributed by atoms with van der Waals surface area (Å²) in [5.41, 5.74) is 2.41. The summed E-state index contributed by atoms with van der Waals surface area (Å²) in [5.74, 6) is 0.686. The first-order valence-electron chi connectivity index (χ1n) is 6.46. The van der Waals surface area contributed by atoms with E-state index in [9.17, 15) is 5.11 Å². The average molecular weight is 481 g/mol. The Bertz CT molecular complexity index is 590. The Morgan fingerprint density at radius 2 is 2.14 bits per heavy atom. The summed E-state index contributed by atoms with van der Waals surface area (Å²) in [7, 11) is 1.60. The molecule has 0 spiro atoms. The smallest absolute Gasteiger partial charge is 0.0647 e. The van der Waals surface area contributed by atoms with Gasteiger partial charge < -0.3 is 14.8 Å². The van der Waals surface area contributed by atoms with Crippen molar-refractivity contribution in [2.75, 3.05) is 7.11 Å². The van der Waals surface area contributed by atoms with Crippen LogP contribution in [0, 0.1) is 6.07 Å². The van der Waals surface area contributed by atoms with Crippen LogP contribution in [0.15, 0.2) is 35.4 Å². The van der Waals surface area contributed by atoms with E-state index < -0.39 is 0 Å². The molecule has 0 aliphatic carbocycles. The van der Waals surface area contributed by atoms with Crippen molar-refractivity contribution in [3.05, 3.63) is 42.1 Å². The molecule has 0 fully saturated rings. The van der Waals surface area contributed by atoms with E-state index in [1.807, 2.05) is 18.2 Å². The second-order valence-electron chi connectivity index (χ2n) is 4.64. The molecule has 0 amide bonds. The molecule has 21 heavy (non-hydrogen) atoms. The molecule has 2 rings (SSSR count). The summed E-state index contributed by atoms with van der Waals surface area (Å²) in [5, 5.41) is 10.0. The first-order valence-corrected chi connectivity index (χ1v) is 7.34. The van der Waals surface area contributed by atoms with E-state index in [-0.39, 0.29) is 26.7 Å². The molecular formula is C16H18IrNO2S-. The van der Waals surface area contributed by atoms with Gasteiger partial charge in [-0.15, -0.1) is 29.5 Å². The van der Waals surface area contributed by atoms with Crippen LogP contribution in [0.5, 0.6) is 5.75 Å². The number of methoxy groups -OCH3 is 1. The number of thioether (sulfide) groups is 1. The Balaban J connectivity index is 0.00000220. The zero-order valence-corrected chi connectivity index (χ0v) is 15.4. The van der Waals surface area contributed by atoms with E-state index in [0.717, 1.165) is 21.7 Å². The van der Waals surface area contributed by atoms with Crippen LogP contribution in [-0.4, -0.2) is 22.5 Å². The van der Waals surface area contributed by atoms with Gasteiger partial charge in [-0.3, -0.25) is 0 Å². The molecule has 5 heteroatoms. The number of pyridine rings is 1. The normalized spacial score (nSPS) is 10.3. The molecule has 3 nitrogen and oxygen atoms in total. The Morgan fingerprint density at radius 3 is 2.76 bits per heavy atom. The predicted molar refractivity (Wildman–Crippen MR) is 82.0 cm³/mol. The predicted octanol–water partition coefficient (Wildman–Crippen LogP) is 3.55. The summed E-state index contributed by atoms with van der Waals surface area (Å²) in [6, 6.07) is 10.8. The van der Waals surface area contributed by atoms with Crippen LogP contribution in [0.25, 0.3) is 11.3 Å². The van der Waals surface area contributed by atoms with Crippen molar-refractivity contribution < 1.29 is 29.9 Å². The van der Waals surface area contributed by atoms with E-state index in [1.165, 1.54) is 0 Å². The van der Waals surface area contributed by atoms with Gasteiger partial charge in [-0.25, -0.2) is 0 Å². The summed E-state index contributed by atoms with van der Waals surface area (Å²) in [4.78, 5) is 5.55. The SMILES string of the molecule is COc1c[c-]c(-c2cc(SC(C)C)ccn2)c(CO)c1.[Ir]. The van der Waals surface area contributed by atoms with Crippen molar-refractivity contribution >= 4 is 11.8 Å². The fourth-order valence-electron chi connectivity index (χ4n) is 1.90. The quantitative estimate of drug-likeness (QED) is 0.525. The van der Waals surface area contributed by atoms with Crippen LogP contribution < -0.4 is 4.74 Å². The van der Waals surface area contributed by atoms with Gasteiger partial charge in [0.2, 0.25) is 0 Å². The first-order chi connectivity index (χ1) is 9.63. The van der Waals surface area contributed by atoms with Crippen LogP contribution in [0.2, 0.25) is 0 Å². The van der Waals surface area contributed by atoms with Crippen molar-refractivity contribution in [1.82, 2.24) is 4.98 Å². The number of aliphatic hydroxyl groups excluding tert-OH is 1. The molecular weight excluding hydrogens is 462 g/mol. The molecule has 0 atom stereocenters. The summed E-state index contributed by atoms with van der Waals surface area (Å²) < 4.78 is 5.16. The van der Waals surface area contributed by atoms with Gasteiger partial charge in [-0.2, -0.15) is 0 Å². The van der Waals surface area contributed by atoms with Crippen LogP contribution in [0.1, 0.15) is 19.4 Å². The minimum absolute atomic E-state index is 0. The zero-order chi connectivity index (χ0) is 14.5. The van der Waals surface area contributed by atoms with E-state index in [0.29, 0.717) is 11.0 Å². The Hall–Kier alpha value is -0.871. The number of hydrogen-bond acceptors (Lipinski definition) is 4. The molecule has 115 valence electrons. The Kier molecular flexibility index (Phi) is 7.39. The average Bonchev–Trinajstić information content (AvgIpc) is 2.46. The van der Waals surface area contributed by atoms with Crippen molar-refractivity contribution in [2.24, 2.45) is 0 Å². The third kappa shape index (κ3) is 4.82. The molecule has 0 saturated carbocycles. The van der Waals surface area contributed by atoms with Crippen molar-refractivity contribution in [3.8, 4) is 17.0 Å². The number of rotatable bonds is 5. The zero-order valence-electron chi connectivity index (χ0n) is 12.2. The molecule has 1 aromatic carbocycles. The molecule has 0 aliphatic rings. The molecule has 0 bridgehead atoms. The van der Waals surface area contributed by atoms with E-state index in [4.69, 9.17) is 4.74 Å². The minimum Gasteiger partial charge on any atom is -0.540 e. The van der Waals surface area contributed by atoms with Gasteiger partial charge in [0.25, 0.3) is 0 Å². The van der Waals surface area contributed by atoms with Crippen molar-refractivity contribution in [2.45, 2.75) is 30.6 Å². The summed E-state index contributed by atoms with van der Waals surface area (Å²) >= 11 is 1.79. The third-order valence-corrected chi connectivity index (χ3v) is 3.76. The number of hydrogen-bond donors (Lipinski definition) is 1. The maximum atomic E-state index is 9.51. The van der Waals surface area contributed by atoms with Crippen molar-refractivity contribution in [3.63, 3.8) is 0 Å². The third-order valence-electron chi connectivity index (χ3n) is 2.76. The van der Waals surface area contributed by atoms with Gasteiger partial charge in [0.05, 0.1) is 7.11 Å². The second kappa shape index (κ2) is 8.54. The van der Waals surface area contributed by atoms with Crippen molar-refractivity contribution in [1.29, 1.82) is 0 Å². The standard InChI is InChI=1S/C16H18NO2S.Ir/c1-11(2)20-14-6-7-17-16(9-14)15-5-4-13(19-3)8-12(15)10-18;/h4,6-9,11,18H,10H2,1-3H3;/q-1;. The Labute approximate surface area is 143 Å². The topological polar surface area (TPSA) is 42.4 Å². The van der Waals surface area contributed by atoms with E-state index in [1.54, 1.807) is 31.1 Å². The van der Waals surface area contributed by atoms with Gasteiger partial charge in [0, 0.05) is 48.8 Å². The molecule has 0 saturated heterocycles. The van der Waals surface area contributed by atoms with Crippen LogP contribution >= 0.6 is 11.8 Å². The van der Waals surface area contributed by atoms with Gasteiger partial charge in [0.1, 0.15) is 0 Å². The van der Waals surface area contributed by atoms with E-state index >= 15 is 0 Å². The number of ether oxygens (including phenoxy) is 1. The number of benzene rings is 1. The first kappa shape index (κ1) is 18.2. The maximum absolute atomic E-state index is 9.51. The molecule has 0 aliphatic heterocycles. The van der Waals surface area contributed by atoms with Gasteiger partial charge >= 0.3 is 0 Å². The molecule has 1 radical (unpaired) electrons. The Morgan fingerprint density at radius 1 is 1.38 bits per heavy atom. The fourth-order valence-corrected chi connectivity index (χ4v) is 2.76. The minimum atomic E-state index is -0.0632. The number of nitrogens with zero attached hydrogens (tertiary/aromatic N) is 1. The molecule has 1 N–H and O–H groups in total. The fraction of sp³-hybridized carbons (Fsp3) is 0.312. The van der Waals surface area contributed by atoms with Gasteiger partial charge in [-0.05, 0) is 11.8 Å². The van der Waals surface area contributed by atoms with Crippen LogP contribution in [0.4, 0.5) is 0 Å². The second-order valence-corrected chi connectivity index (χ2v) is 6.29. The van der Waals surface area contributed by atoms with E-state index in [2.05, 4.69) is 24.9 Å². The van der Waals surface area contributed by atoms with Crippen LogP contribution in [0.3, 0.4) is 0 Å². The molecule has 1 heterocycles. The van der Waals surface area contributed by atoms with Crippen LogP contribution in [-0.2, 0) is 26.7 Å². The molecule has 1 aromatic heterocycles. The molecule has 2 aromatic rings. The van der Waals surface area contributed by atoms with Gasteiger partial charge in [0.15, 0.2) is 0 Å². The maximum Gasteiger partial charge on any atom is 0.0647 e.